The molecule has 0 saturated carbocycles. The number of hydrogen-bond donors (Lipinski definition) is 2. The second kappa shape index (κ2) is 9.70. The Kier molecular flexibility index (Phi) is 10.0. The molecule has 0 fully saturated rings. The third kappa shape index (κ3) is 10.8. The van der Waals surface area contributed by atoms with Gasteiger partial charge < -0.3 is 19.3 Å². The highest BCUT2D eigenvalue weighted by molar-refractivity contribution is 8.07. The maximum Gasteiger partial charge on any atom is 0.324 e. The monoisotopic (exact) mass is 255 g/mol. The summed E-state index contributed by atoms with van der Waals surface area (Å²) in [6, 6.07) is 0. The smallest absolute Gasteiger partial charge is 0.324 e. The molecule has 0 aliphatic heterocycles. The minimum atomic E-state index is -2.92. The Labute approximate surface area is 97.6 Å². The van der Waals surface area contributed by atoms with Gasteiger partial charge in [0.25, 0.3) is 0 Å². The fourth-order valence-electron chi connectivity index (χ4n) is 1.12. The van der Waals surface area contributed by atoms with Gasteiger partial charge in [0.05, 0.1) is 6.61 Å². The maximum absolute atomic E-state index is 9.27. The minimum absolute atomic E-state index is 0.489. The van der Waals surface area contributed by atoms with Crippen LogP contribution in [0.2, 0.25) is 0 Å². The maximum atomic E-state index is 9.27. The molecule has 0 rings (SSSR count). The average Bonchev–Trinajstić information content (AvgIpc) is 2.22. The van der Waals surface area contributed by atoms with E-state index in [1.807, 2.05) is 0 Å². The normalized spacial score (nSPS) is 15.1. The first-order valence-corrected chi connectivity index (χ1v) is 7.95. The molecule has 6 heteroatoms. The van der Waals surface area contributed by atoms with Crippen molar-refractivity contribution in [3.63, 3.8) is 0 Å². The molecule has 0 radical (unpaired) electrons. The molecule has 0 aromatic carbocycles. The molecule has 92 valence electrons. The summed E-state index contributed by atoms with van der Waals surface area (Å²) in [5.74, 6) is 0. The van der Waals surface area contributed by atoms with Gasteiger partial charge in [-0.1, -0.05) is 19.8 Å². The number of hydrogen-bond acceptors (Lipinski definition) is 4. The molecule has 0 aliphatic rings. The van der Waals surface area contributed by atoms with E-state index in [4.69, 9.17) is 16.3 Å². The van der Waals surface area contributed by atoms with Gasteiger partial charge in [0, 0.05) is 7.11 Å². The second-order valence-electron chi connectivity index (χ2n) is 3.25. The lowest BCUT2D eigenvalue weighted by molar-refractivity contribution is 0.221. The summed E-state index contributed by atoms with van der Waals surface area (Å²) in [5.41, 5.74) is 0. The summed E-state index contributed by atoms with van der Waals surface area (Å²) in [6.07, 6.45) is 4.39. The second-order valence-corrected chi connectivity index (χ2v) is 6.20. The van der Waals surface area contributed by atoms with Gasteiger partial charge in [0.1, 0.15) is 0 Å². The molecule has 15 heavy (non-hydrogen) atoms. The first kappa shape index (κ1) is 15.5. The molecule has 0 aromatic rings. The van der Waals surface area contributed by atoms with Crippen LogP contribution in [0.15, 0.2) is 0 Å². The quantitative estimate of drug-likeness (QED) is 0.462. The standard InChI is InChI=1S/C9H22NO3PS/c1-3-10-8-6-4-5-7-9-13-14(11,15)12-2/h10H,3-9H2,1-2H3,(H,11,15). The van der Waals surface area contributed by atoms with Crippen LogP contribution in [-0.4, -0.2) is 31.7 Å². The Hall–Kier alpha value is 0.490. The zero-order valence-corrected chi connectivity index (χ0v) is 11.3. The Morgan fingerprint density at radius 3 is 2.53 bits per heavy atom. The average molecular weight is 255 g/mol. The lowest BCUT2D eigenvalue weighted by Gasteiger charge is -2.12. The van der Waals surface area contributed by atoms with Crippen molar-refractivity contribution in [2.45, 2.75) is 32.6 Å². The molecule has 0 aromatic heterocycles. The van der Waals surface area contributed by atoms with Crippen molar-refractivity contribution in [3.05, 3.63) is 0 Å². The lowest BCUT2D eigenvalue weighted by Crippen LogP contribution is -2.13. The van der Waals surface area contributed by atoms with Gasteiger partial charge in [-0.2, -0.15) is 0 Å². The van der Waals surface area contributed by atoms with Gasteiger partial charge in [0.15, 0.2) is 0 Å². The Balaban J connectivity index is 3.15. The highest BCUT2D eigenvalue weighted by Gasteiger charge is 2.10. The Morgan fingerprint density at radius 1 is 1.27 bits per heavy atom. The van der Waals surface area contributed by atoms with E-state index in [-0.39, 0.29) is 0 Å². The molecule has 0 bridgehead atoms. The van der Waals surface area contributed by atoms with Gasteiger partial charge in [0.2, 0.25) is 0 Å². The van der Waals surface area contributed by atoms with Gasteiger partial charge >= 0.3 is 6.72 Å². The molecule has 1 unspecified atom stereocenters. The van der Waals surface area contributed by atoms with E-state index in [1.54, 1.807) is 0 Å². The van der Waals surface area contributed by atoms with Crippen LogP contribution in [0.25, 0.3) is 0 Å². The summed E-state index contributed by atoms with van der Waals surface area (Å²) in [7, 11) is 1.37. The summed E-state index contributed by atoms with van der Waals surface area (Å²) in [6.45, 7) is 1.78. The highest BCUT2D eigenvalue weighted by atomic mass is 32.5. The van der Waals surface area contributed by atoms with E-state index in [1.165, 1.54) is 20.0 Å². The molecular formula is C9H22NO3PS. The molecular weight excluding hydrogens is 233 g/mol. The van der Waals surface area contributed by atoms with Crippen molar-refractivity contribution in [2.75, 3.05) is 26.8 Å². The van der Waals surface area contributed by atoms with Crippen molar-refractivity contribution in [1.82, 2.24) is 5.32 Å². The topological polar surface area (TPSA) is 50.7 Å². The van der Waals surface area contributed by atoms with Crippen LogP contribution >= 0.6 is 6.72 Å². The Bertz CT molecular complexity index is 192. The van der Waals surface area contributed by atoms with Crippen LogP contribution in [0.1, 0.15) is 32.6 Å². The minimum Gasteiger partial charge on any atom is -0.324 e. The fraction of sp³-hybridized carbons (Fsp3) is 1.00. The summed E-state index contributed by atoms with van der Waals surface area (Å²) in [5, 5.41) is 3.27. The predicted octanol–water partition coefficient (Wildman–Crippen LogP) is 2.04. The first-order valence-electron chi connectivity index (χ1n) is 5.36. The number of unbranched alkanes of at least 4 members (excludes halogenated alkanes) is 3. The highest BCUT2D eigenvalue weighted by Crippen LogP contribution is 2.42. The van der Waals surface area contributed by atoms with E-state index < -0.39 is 6.72 Å². The van der Waals surface area contributed by atoms with Crippen molar-refractivity contribution < 1.29 is 13.9 Å². The lowest BCUT2D eigenvalue weighted by atomic mass is 10.2. The van der Waals surface area contributed by atoms with Crippen molar-refractivity contribution >= 4 is 18.5 Å². The summed E-state index contributed by atoms with van der Waals surface area (Å²) >= 11 is 4.69. The number of rotatable bonds is 10. The van der Waals surface area contributed by atoms with Crippen molar-refractivity contribution in [1.29, 1.82) is 0 Å². The molecule has 0 spiro atoms. The fourth-order valence-corrected chi connectivity index (χ4v) is 1.80. The third-order valence-electron chi connectivity index (χ3n) is 1.98. The van der Waals surface area contributed by atoms with Crippen molar-refractivity contribution in [2.24, 2.45) is 0 Å². The molecule has 0 aliphatic carbocycles. The molecule has 1 atom stereocenters. The van der Waals surface area contributed by atoms with E-state index in [0.717, 1.165) is 25.9 Å². The zero-order valence-electron chi connectivity index (χ0n) is 9.57. The zero-order chi connectivity index (χ0) is 11.6. The largest absolute Gasteiger partial charge is 0.324 e. The molecule has 0 saturated heterocycles. The van der Waals surface area contributed by atoms with Crippen LogP contribution < -0.4 is 5.32 Å². The predicted molar refractivity (Wildman–Crippen MR) is 66.5 cm³/mol. The van der Waals surface area contributed by atoms with Gasteiger partial charge in [-0.15, -0.1) is 0 Å². The van der Waals surface area contributed by atoms with Crippen LogP contribution in [-0.2, 0) is 20.9 Å². The van der Waals surface area contributed by atoms with Crippen LogP contribution in [0.4, 0.5) is 0 Å². The van der Waals surface area contributed by atoms with Crippen LogP contribution in [0.5, 0.6) is 0 Å². The van der Waals surface area contributed by atoms with E-state index in [0.29, 0.717) is 6.61 Å². The van der Waals surface area contributed by atoms with Crippen LogP contribution in [0, 0.1) is 0 Å². The molecule has 4 nitrogen and oxygen atoms in total. The first-order chi connectivity index (χ1) is 7.12. The SMILES string of the molecule is CCNCCCCCCOP(O)(=S)OC. The Morgan fingerprint density at radius 2 is 1.93 bits per heavy atom. The van der Waals surface area contributed by atoms with Crippen molar-refractivity contribution in [3.8, 4) is 0 Å². The summed E-state index contributed by atoms with van der Waals surface area (Å²) < 4.78 is 9.70. The van der Waals surface area contributed by atoms with E-state index >= 15 is 0 Å². The molecule has 0 amide bonds. The molecule has 2 N–H and O–H groups in total. The van der Waals surface area contributed by atoms with Gasteiger partial charge in [-0.05, 0) is 37.7 Å². The van der Waals surface area contributed by atoms with Gasteiger partial charge in [-0.3, -0.25) is 0 Å². The van der Waals surface area contributed by atoms with Gasteiger partial charge in [-0.25, -0.2) is 0 Å². The summed E-state index contributed by atoms with van der Waals surface area (Å²) in [4.78, 5) is 9.27. The van der Waals surface area contributed by atoms with E-state index in [9.17, 15) is 4.89 Å². The number of nitrogens with one attached hydrogen (secondary N) is 1. The molecule has 0 heterocycles. The van der Waals surface area contributed by atoms with E-state index in [2.05, 4.69) is 16.8 Å². The third-order valence-corrected chi connectivity index (χ3v) is 3.72. The van der Waals surface area contributed by atoms with Crippen LogP contribution in [0.3, 0.4) is 0 Å².